The van der Waals surface area contributed by atoms with E-state index >= 15 is 0 Å². The second kappa shape index (κ2) is 7.55. The van der Waals surface area contributed by atoms with Gasteiger partial charge in [0, 0.05) is 21.9 Å². The Morgan fingerprint density at radius 3 is 2.39 bits per heavy atom. The van der Waals surface area contributed by atoms with Crippen LogP contribution in [-0.4, -0.2) is 23.3 Å². The lowest BCUT2D eigenvalue weighted by Crippen LogP contribution is -2.12. The number of ether oxygens (including phenoxy) is 1. The molecule has 23 heavy (non-hydrogen) atoms. The Hall–Kier alpha value is -2.67. The van der Waals surface area contributed by atoms with E-state index in [-0.39, 0.29) is 18.1 Å². The van der Waals surface area contributed by atoms with Crippen LogP contribution in [0.15, 0.2) is 58.3 Å². The molecule has 0 fully saturated rings. The minimum absolute atomic E-state index is 0.00324. The van der Waals surface area contributed by atoms with Crippen molar-refractivity contribution in [2.45, 2.75) is 16.7 Å². The Kier molecular flexibility index (Phi) is 5.48. The maximum absolute atomic E-state index is 12.0. The minimum atomic E-state index is -0.579. The number of nitrogens with zero attached hydrogens (tertiary/aromatic N) is 1. The summed E-state index contributed by atoms with van der Waals surface area (Å²) in [5, 5.41) is 10.7. The highest BCUT2D eigenvalue weighted by Crippen LogP contribution is 2.31. The zero-order valence-electron chi connectivity index (χ0n) is 12.2. The molecule has 0 spiro atoms. The molecule has 0 N–H and O–H groups in total. The van der Waals surface area contributed by atoms with Gasteiger partial charge >= 0.3 is 5.97 Å². The molecule has 6 nitrogen and oxygen atoms in total. The molecule has 0 amide bonds. The van der Waals surface area contributed by atoms with Crippen molar-refractivity contribution >= 4 is 29.2 Å². The van der Waals surface area contributed by atoms with Crippen LogP contribution in [0.3, 0.4) is 0 Å². The molecule has 0 heterocycles. The van der Waals surface area contributed by atoms with Gasteiger partial charge in [0.25, 0.3) is 5.69 Å². The average molecular weight is 331 g/mol. The summed E-state index contributed by atoms with van der Waals surface area (Å²) in [7, 11) is 0. The van der Waals surface area contributed by atoms with Crippen molar-refractivity contribution in [2.24, 2.45) is 0 Å². The third-order valence-corrected chi connectivity index (χ3v) is 3.87. The summed E-state index contributed by atoms with van der Waals surface area (Å²) >= 11 is 1.29. The zero-order chi connectivity index (χ0) is 16.8. The summed E-state index contributed by atoms with van der Waals surface area (Å²) in [6, 6.07) is 12.9. The maximum atomic E-state index is 12.0. The van der Waals surface area contributed by atoms with E-state index in [9.17, 15) is 19.7 Å². The van der Waals surface area contributed by atoms with E-state index in [0.717, 1.165) is 4.90 Å². The van der Waals surface area contributed by atoms with Crippen LogP contribution in [0, 0.1) is 10.1 Å². The van der Waals surface area contributed by atoms with E-state index < -0.39 is 10.9 Å². The maximum Gasteiger partial charge on any atom is 0.339 e. The van der Waals surface area contributed by atoms with Gasteiger partial charge in [0.2, 0.25) is 0 Å². The number of nitro benzene ring substituents is 1. The van der Waals surface area contributed by atoms with Gasteiger partial charge in [0.05, 0.1) is 10.5 Å². The van der Waals surface area contributed by atoms with Crippen molar-refractivity contribution < 1.29 is 19.2 Å². The first-order chi connectivity index (χ1) is 11.0. The van der Waals surface area contributed by atoms with Gasteiger partial charge in [-0.05, 0) is 31.2 Å². The topological polar surface area (TPSA) is 86.5 Å². The number of rotatable bonds is 6. The first-order valence-corrected chi connectivity index (χ1v) is 7.47. The largest absolute Gasteiger partial charge is 0.454 e. The second-order valence-electron chi connectivity index (χ2n) is 4.63. The van der Waals surface area contributed by atoms with Gasteiger partial charge in [-0.2, -0.15) is 0 Å². The smallest absolute Gasteiger partial charge is 0.339 e. The number of nitro groups is 1. The lowest BCUT2D eigenvalue weighted by Gasteiger charge is -2.08. The van der Waals surface area contributed by atoms with Crippen LogP contribution >= 0.6 is 11.8 Å². The number of hydrogen-bond acceptors (Lipinski definition) is 6. The molecule has 2 aromatic carbocycles. The van der Waals surface area contributed by atoms with Gasteiger partial charge < -0.3 is 4.74 Å². The first kappa shape index (κ1) is 16.7. The van der Waals surface area contributed by atoms with Gasteiger partial charge in [-0.1, -0.05) is 23.9 Å². The Labute approximate surface area is 136 Å². The van der Waals surface area contributed by atoms with Gasteiger partial charge in [0.15, 0.2) is 5.78 Å². The highest BCUT2D eigenvalue weighted by molar-refractivity contribution is 7.99. The van der Waals surface area contributed by atoms with Crippen LogP contribution in [0.2, 0.25) is 0 Å². The zero-order valence-corrected chi connectivity index (χ0v) is 13.0. The monoisotopic (exact) mass is 331 g/mol. The predicted molar refractivity (Wildman–Crippen MR) is 84.6 cm³/mol. The Morgan fingerprint density at radius 1 is 1.13 bits per heavy atom. The third kappa shape index (κ3) is 4.65. The van der Waals surface area contributed by atoms with Crippen molar-refractivity contribution in [2.75, 3.05) is 6.61 Å². The van der Waals surface area contributed by atoms with Crippen LogP contribution in [0.4, 0.5) is 5.69 Å². The van der Waals surface area contributed by atoms with E-state index in [1.54, 1.807) is 36.4 Å². The number of carbonyl (C=O) groups is 2. The molecular formula is C16H13NO5S. The van der Waals surface area contributed by atoms with Crippen molar-refractivity contribution in [3.8, 4) is 0 Å². The summed E-state index contributed by atoms with van der Waals surface area (Å²) in [6.07, 6.45) is 0. The predicted octanol–water partition coefficient (Wildman–Crippen LogP) is 3.49. The van der Waals surface area contributed by atoms with Crippen molar-refractivity contribution in [1.82, 2.24) is 0 Å². The van der Waals surface area contributed by atoms with Crippen molar-refractivity contribution in [3.05, 3.63) is 64.2 Å². The molecule has 0 unspecified atom stereocenters. The van der Waals surface area contributed by atoms with Gasteiger partial charge in [-0.15, -0.1) is 0 Å². The van der Waals surface area contributed by atoms with E-state index in [0.29, 0.717) is 10.5 Å². The van der Waals surface area contributed by atoms with Crippen LogP contribution < -0.4 is 0 Å². The molecule has 7 heteroatoms. The molecule has 0 aliphatic heterocycles. The van der Waals surface area contributed by atoms with Crippen LogP contribution in [0.5, 0.6) is 0 Å². The summed E-state index contributed by atoms with van der Waals surface area (Å²) in [6.45, 7) is 1.07. The number of Topliss-reactive ketones (excluding diaryl/α,β-unsaturated/α-hetero) is 1. The summed E-state index contributed by atoms with van der Waals surface area (Å²) in [5.41, 5.74) is 0.348. The first-order valence-electron chi connectivity index (χ1n) is 6.65. The van der Waals surface area contributed by atoms with E-state index in [1.165, 1.54) is 30.8 Å². The molecule has 0 aliphatic rings. The van der Waals surface area contributed by atoms with E-state index in [4.69, 9.17) is 4.74 Å². The standard InChI is InChI=1S/C16H13NO5S/c1-11(18)10-22-16(19)14-4-2-3-5-15(14)23-13-8-6-12(7-9-13)17(20)21/h2-9H,10H2,1H3. The van der Waals surface area contributed by atoms with Crippen LogP contribution in [0.25, 0.3) is 0 Å². The quantitative estimate of drug-likeness (QED) is 0.457. The number of esters is 1. The second-order valence-corrected chi connectivity index (χ2v) is 5.74. The number of ketones is 1. The molecule has 0 radical (unpaired) electrons. The van der Waals surface area contributed by atoms with Gasteiger partial charge in [-0.3, -0.25) is 14.9 Å². The van der Waals surface area contributed by atoms with E-state index in [1.807, 2.05) is 0 Å². The van der Waals surface area contributed by atoms with Gasteiger partial charge in [-0.25, -0.2) is 4.79 Å². The number of non-ortho nitro benzene ring substituents is 1. The van der Waals surface area contributed by atoms with Crippen LogP contribution in [-0.2, 0) is 9.53 Å². The summed E-state index contributed by atoms with van der Waals surface area (Å²) < 4.78 is 4.93. The average Bonchev–Trinajstić information content (AvgIpc) is 2.53. The number of hydrogen-bond donors (Lipinski definition) is 0. The molecule has 2 rings (SSSR count). The Balaban J connectivity index is 2.18. The third-order valence-electron chi connectivity index (χ3n) is 2.79. The van der Waals surface area contributed by atoms with Crippen molar-refractivity contribution in [1.29, 1.82) is 0 Å². The fraction of sp³-hybridized carbons (Fsp3) is 0.125. The lowest BCUT2D eigenvalue weighted by molar-refractivity contribution is -0.384. The molecule has 0 bridgehead atoms. The van der Waals surface area contributed by atoms with Gasteiger partial charge in [0.1, 0.15) is 6.61 Å². The molecule has 0 saturated heterocycles. The molecule has 118 valence electrons. The van der Waals surface area contributed by atoms with Crippen LogP contribution in [0.1, 0.15) is 17.3 Å². The van der Waals surface area contributed by atoms with E-state index in [2.05, 4.69) is 0 Å². The Bertz CT molecular complexity index is 742. The summed E-state index contributed by atoms with van der Waals surface area (Å²) in [5.74, 6) is -0.816. The fourth-order valence-corrected chi connectivity index (χ4v) is 2.67. The number of carbonyl (C=O) groups excluding carboxylic acids is 2. The fourth-order valence-electron chi connectivity index (χ4n) is 1.73. The van der Waals surface area contributed by atoms with Crippen molar-refractivity contribution in [3.63, 3.8) is 0 Å². The molecule has 0 saturated carbocycles. The highest BCUT2D eigenvalue weighted by atomic mass is 32.2. The lowest BCUT2D eigenvalue weighted by atomic mass is 10.2. The molecule has 0 aromatic heterocycles. The molecule has 0 aliphatic carbocycles. The minimum Gasteiger partial charge on any atom is -0.454 e. The normalized spacial score (nSPS) is 10.1. The number of benzene rings is 2. The molecular weight excluding hydrogens is 318 g/mol. The SMILES string of the molecule is CC(=O)COC(=O)c1ccccc1Sc1ccc([N+](=O)[O-])cc1. The molecule has 0 atom stereocenters. The highest BCUT2D eigenvalue weighted by Gasteiger charge is 2.14. The molecule has 2 aromatic rings. The Morgan fingerprint density at radius 2 is 1.78 bits per heavy atom. The summed E-state index contributed by atoms with van der Waals surface area (Å²) in [4.78, 5) is 34.5.